The summed E-state index contributed by atoms with van der Waals surface area (Å²) in [7, 11) is 0. The maximum Gasteiger partial charge on any atom is 0.252 e. The fourth-order valence-corrected chi connectivity index (χ4v) is 3.48. The molecule has 0 spiro atoms. The molecular weight excluding hydrogens is 330 g/mol. The summed E-state index contributed by atoms with van der Waals surface area (Å²) in [6, 6.07) is 21.8. The molecule has 0 atom stereocenters. The first kappa shape index (κ1) is 17.4. The summed E-state index contributed by atoms with van der Waals surface area (Å²) in [6.07, 6.45) is 0. The van der Waals surface area contributed by atoms with Crippen LogP contribution in [0.25, 0.3) is 10.8 Å². The van der Waals surface area contributed by atoms with Crippen LogP contribution in [0.3, 0.4) is 0 Å². The van der Waals surface area contributed by atoms with Crippen molar-refractivity contribution in [1.82, 2.24) is 5.32 Å². The van der Waals surface area contributed by atoms with Crippen molar-refractivity contribution in [2.75, 3.05) is 18.9 Å². The Morgan fingerprint density at radius 3 is 2.64 bits per heavy atom. The zero-order valence-corrected chi connectivity index (χ0v) is 15.0. The molecular formula is C21H21NO2S. The highest BCUT2D eigenvalue weighted by atomic mass is 32.2. The summed E-state index contributed by atoms with van der Waals surface area (Å²) in [4.78, 5) is 13.4. The van der Waals surface area contributed by atoms with E-state index in [2.05, 4.69) is 24.4 Å². The molecule has 128 valence electrons. The van der Waals surface area contributed by atoms with Crippen molar-refractivity contribution in [2.24, 2.45) is 0 Å². The molecule has 0 unspecified atom stereocenters. The van der Waals surface area contributed by atoms with Gasteiger partial charge in [-0.25, -0.2) is 0 Å². The standard InChI is InChI=1S/C21H21NO2S/c1-2-25-20-13-6-5-11-18(20)21(23)22-14-15-24-19-12-7-9-16-8-3-4-10-17(16)19/h3-13H,2,14-15H2,1H3,(H,22,23). The van der Waals surface area contributed by atoms with E-state index >= 15 is 0 Å². The summed E-state index contributed by atoms with van der Waals surface area (Å²) in [5.74, 6) is 1.72. The molecule has 4 heteroatoms. The second kappa shape index (κ2) is 8.58. The van der Waals surface area contributed by atoms with E-state index in [0.717, 1.165) is 32.7 Å². The summed E-state index contributed by atoms with van der Waals surface area (Å²) >= 11 is 1.68. The average Bonchev–Trinajstić information content (AvgIpc) is 2.66. The molecule has 3 rings (SSSR count). The third-order valence-corrected chi connectivity index (χ3v) is 4.78. The van der Waals surface area contributed by atoms with E-state index in [1.54, 1.807) is 11.8 Å². The number of fused-ring (bicyclic) bond motifs is 1. The van der Waals surface area contributed by atoms with Crippen LogP contribution in [0.1, 0.15) is 17.3 Å². The van der Waals surface area contributed by atoms with Crippen LogP contribution in [0.4, 0.5) is 0 Å². The van der Waals surface area contributed by atoms with Crippen molar-refractivity contribution in [3.05, 3.63) is 72.3 Å². The van der Waals surface area contributed by atoms with Gasteiger partial charge in [-0.2, -0.15) is 0 Å². The summed E-state index contributed by atoms with van der Waals surface area (Å²) < 4.78 is 5.86. The molecule has 0 fully saturated rings. The van der Waals surface area contributed by atoms with E-state index in [-0.39, 0.29) is 5.91 Å². The smallest absolute Gasteiger partial charge is 0.252 e. The second-order valence-electron chi connectivity index (χ2n) is 5.51. The lowest BCUT2D eigenvalue weighted by atomic mass is 10.1. The van der Waals surface area contributed by atoms with Crippen LogP contribution in [0.5, 0.6) is 5.75 Å². The number of carbonyl (C=O) groups is 1. The van der Waals surface area contributed by atoms with Gasteiger partial charge < -0.3 is 10.1 Å². The lowest BCUT2D eigenvalue weighted by Crippen LogP contribution is -2.28. The van der Waals surface area contributed by atoms with E-state index in [1.165, 1.54) is 0 Å². The first-order valence-electron chi connectivity index (χ1n) is 8.40. The van der Waals surface area contributed by atoms with Crippen molar-refractivity contribution >= 4 is 28.4 Å². The van der Waals surface area contributed by atoms with E-state index < -0.39 is 0 Å². The Labute approximate surface area is 152 Å². The van der Waals surface area contributed by atoms with Gasteiger partial charge in [0.25, 0.3) is 5.91 Å². The highest BCUT2D eigenvalue weighted by Crippen LogP contribution is 2.25. The number of carbonyl (C=O) groups excluding carboxylic acids is 1. The second-order valence-corrected chi connectivity index (χ2v) is 6.82. The predicted molar refractivity (Wildman–Crippen MR) is 105 cm³/mol. The normalized spacial score (nSPS) is 10.6. The Morgan fingerprint density at radius 2 is 1.76 bits per heavy atom. The Balaban J connectivity index is 1.57. The van der Waals surface area contributed by atoms with Crippen LogP contribution in [-0.2, 0) is 0 Å². The van der Waals surface area contributed by atoms with Gasteiger partial charge in [-0.1, -0.05) is 55.5 Å². The van der Waals surface area contributed by atoms with E-state index in [0.29, 0.717) is 13.2 Å². The molecule has 1 amide bonds. The maximum absolute atomic E-state index is 12.4. The topological polar surface area (TPSA) is 38.3 Å². The zero-order chi connectivity index (χ0) is 17.5. The average molecular weight is 351 g/mol. The highest BCUT2D eigenvalue weighted by molar-refractivity contribution is 7.99. The van der Waals surface area contributed by atoms with Crippen molar-refractivity contribution in [3.63, 3.8) is 0 Å². The van der Waals surface area contributed by atoms with Gasteiger partial charge in [-0.3, -0.25) is 4.79 Å². The minimum Gasteiger partial charge on any atom is -0.491 e. The summed E-state index contributed by atoms with van der Waals surface area (Å²) in [6.45, 7) is 2.98. The predicted octanol–water partition coefficient (Wildman–Crippen LogP) is 4.76. The summed E-state index contributed by atoms with van der Waals surface area (Å²) in [5.41, 5.74) is 0.722. The van der Waals surface area contributed by atoms with Crippen molar-refractivity contribution in [2.45, 2.75) is 11.8 Å². The lowest BCUT2D eigenvalue weighted by Gasteiger charge is -2.11. The van der Waals surface area contributed by atoms with Crippen molar-refractivity contribution in [3.8, 4) is 5.75 Å². The van der Waals surface area contributed by atoms with E-state index in [4.69, 9.17) is 4.74 Å². The molecule has 0 heterocycles. The molecule has 0 aliphatic heterocycles. The molecule has 0 radical (unpaired) electrons. The minimum atomic E-state index is -0.0573. The van der Waals surface area contributed by atoms with Gasteiger partial charge in [0.1, 0.15) is 12.4 Å². The first-order chi connectivity index (χ1) is 12.3. The number of hydrogen-bond donors (Lipinski definition) is 1. The lowest BCUT2D eigenvalue weighted by molar-refractivity contribution is 0.0944. The number of rotatable bonds is 7. The number of amides is 1. The Morgan fingerprint density at radius 1 is 1.00 bits per heavy atom. The minimum absolute atomic E-state index is 0.0573. The van der Waals surface area contributed by atoms with Gasteiger partial charge in [0, 0.05) is 10.3 Å². The van der Waals surface area contributed by atoms with E-state index in [9.17, 15) is 4.79 Å². The van der Waals surface area contributed by atoms with Crippen LogP contribution in [0.15, 0.2) is 71.6 Å². The van der Waals surface area contributed by atoms with Crippen molar-refractivity contribution in [1.29, 1.82) is 0 Å². The van der Waals surface area contributed by atoms with Gasteiger partial charge in [-0.15, -0.1) is 11.8 Å². The van der Waals surface area contributed by atoms with Crippen molar-refractivity contribution < 1.29 is 9.53 Å². The third-order valence-electron chi connectivity index (χ3n) is 3.83. The molecule has 3 aromatic rings. The van der Waals surface area contributed by atoms with E-state index in [1.807, 2.05) is 54.6 Å². The summed E-state index contributed by atoms with van der Waals surface area (Å²) in [5, 5.41) is 5.17. The SMILES string of the molecule is CCSc1ccccc1C(=O)NCCOc1cccc2ccccc12. The number of benzene rings is 3. The van der Waals surface area contributed by atoms with Gasteiger partial charge >= 0.3 is 0 Å². The number of ether oxygens (including phenoxy) is 1. The first-order valence-corrected chi connectivity index (χ1v) is 9.38. The zero-order valence-electron chi connectivity index (χ0n) is 14.2. The van der Waals surface area contributed by atoms with Crippen LogP contribution >= 0.6 is 11.8 Å². The van der Waals surface area contributed by atoms with Crippen LogP contribution in [0, 0.1) is 0 Å². The molecule has 0 aliphatic rings. The van der Waals surface area contributed by atoms with Gasteiger partial charge in [0.15, 0.2) is 0 Å². The fourth-order valence-electron chi connectivity index (χ4n) is 2.68. The maximum atomic E-state index is 12.4. The molecule has 3 aromatic carbocycles. The molecule has 0 saturated heterocycles. The molecule has 0 bridgehead atoms. The molecule has 0 saturated carbocycles. The Bertz CT molecular complexity index is 858. The Hall–Kier alpha value is -2.46. The molecule has 0 aromatic heterocycles. The molecule has 0 aliphatic carbocycles. The van der Waals surface area contributed by atoms with Crippen LogP contribution in [-0.4, -0.2) is 24.8 Å². The van der Waals surface area contributed by atoms with Crippen LogP contribution in [0.2, 0.25) is 0 Å². The van der Waals surface area contributed by atoms with Crippen LogP contribution < -0.4 is 10.1 Å². The highest BCUT2D eigenvalue weighted by Gasteiger charge is 2.10. The largest absolute Gasteiger partial charge is 0.491 e. The van der Waals surface area contributed by atoms with Gasteiger partial charge in [-0.05, 0) is 29.3 Å². The fraction of sp³-hybridized carbons (Fsp3) is 0.190. The van der Waals surface area contributed by atoms with Gasteiger partial charge in [0.2, 0.25) is 0 Å². The molecule has 25 heavy (non-hydrogen) atoms. The number of nitrogens with one attached hydrogen (secondary N) is 1. The molecule has 1 N–H and O–H groups in total. The molecule has 3 nitrogen and oxygen atoms in total. The number of thioether (sulfide) groups is 1. The number of hydrogen-bond acceptors (Lipinski definition) is 3. The monoisotopic (exact) mass is 351 g/mol. The van der Waals surface area contributed by atoms with Gasteiger partial charge in [0.05, 0.1) is 12.1 Å². The Kier molecular flexibility index (Phi) is 5.96. The quantitative estimate of drug-likeness (QED) is 0.493. The third kappa shape index (κ3) is 4.34.